The van der Waals surface area contributed by atoms with E-state index in [1.807, 2.05) is 0 Å². The molecule has 0 aliphatic rings. The van der Waals surface area contributed by atoms with Crippen molar-refractivity contribution in [3.8, 4) is 0 Å². The quantitative estimate of drug-likeness (QED) is 0.282. The Bertz CT molecular complexity index is 327. The van der Waals surface area contributed by atoms with Crippen LogP contribution in [0.2, 0.25) is 0 Å². The Morgan fingerprint density at radius 3 is 0.909 bits per heavy atom. The van der Waals surface area contributed by atoms with Gasteiger partial charge in [-0.3, -0.25) is 9.80 Å². The van der Waals surface area contributed by atoms with Crippen molar-refractivity contribution in [2.45, 2.75) is 0 Å². The molecule has 0 saturated heterocycles. The molecule has 0 saturated carbocycles. The van der Waals surface area contributed by atoms with Crippen LogP contribution in [0.1, 0.15) is 0 Å². The SMILES string of the molecule is O=C([O-])CN(CCN(CC(=O)[O-])CC(=O)[O-])CC(=O)[O-].[Cd+2].[K+]. The third-order valence-corrected chi connectivity index (χ3v) is 2.14. The molecule has 0 heterocycles. The van der Waals surface area contributed by atoms with Crippen molar-refractivity contribution in [3.63, 3.8) is 0 Å². The van der Waals surface area contributed by atoms with Crippen LogP contribution in [0.15, 0.2) is 0 Å². The first kappa shape index (κ1) is 27.2. The maximum Gasteiger partial charge on any atom is 2.00 e. The van der Waals surface area contributed by atoms with Crippen LogP contribution in [-0.4, -0.2) is 72.9 Å². The average Bonchev–Trinajstić information content (AvgIpc) is 2.22. The zero-order valence-electron chi connectivity index (χ0n) is 12.1. The predicted octanol–water partition coefficient (Wildman–Crippen LogP) is -10.4. The van der Waals surface area contributed by atoms with Crippen molar-refractivity contribution < 1.29 is 118 Å². The fourth-order valence-corrected chi connectivity index (χ4v) is 1.44. The van der Waals surface area contributed by atoms with Gasteiger partial charge in [0.25, 0.3) is 0 Å². The zero-order valence-corrected chi connectivity index (χ0v) is 19.3. The molecular formula is C10H12CdKN2O8-. The number of carboxylic acid groups (broad SMARTS) is 4. The van der Waals surface area contributed by atoms with Crippen LogP contribution in [0.3, 0.4) is 0 Å². The number of rotatable bonds is 11. The second-order valence-corrected chi connectivity index (χ2v) is 3.91. The summed E-state index contributed by atoms with van der Waals surface area (Å²) >= 11 is 0. The van der Waals surface area contributed by atoms with Crippen LogP contribution in [-0.2, 0) is 46.5 Å². The largest absolute Gasteiger partial charge is 2.00 e. The molecule has 0 N–H and O–H groups in total. The number of aliphatic carboxylic acids is 4. The van der Waals surface area contributed by atoms with Crippen LogP contribution in [0, 0.1) is 0 Å². The van der Waals surface area contributed by atoms with Crippen molar-refractivity contribution >= 4 is 23.9 Å². The second-order valence-electron chi connectivity index (χ2n) is 3.91. The van der Waals surface area contributed by atoms with Crippen LogP contribution < -0.4 is 71.8 Å². The summed E-state index contributed by atoms with van der Waals surface area (Å²) in [6.07, 6.45) is 0. The maximum absolute atomic E-state index is 10.4. The number of nitrogens with zero attached hydrogens (tertiary/aromatic N) is 2. The van der Waals surface area contributed by atoms with E-state index in [-0.39, 0.29) is 91.8 Å². The standard InChI is InChI=1S/C10H16N2O8.Cd.K/c13-7(14)3-11(4-8(15)16)1-2-12(5-9(17)18)6-10(19)20;;/h1-6H2,(H,13,14)(H,15,16)(H,17,18)(H,19,20);;/q;+2;+1/p-4. The molecule has 0 bridgehead atoms. The third kappa shape index (κ3) is 16.7. The molecule has 0 rings (SSSR count). The van der Waals surface area contributed by atoms with Gasteiger partial charge < -0.3 is 39.6 Å². The molecule has 0 unspecified atom stereocenters. The predicted molar refractivity (Wildman–Crippen MR) is 52.9 cm³/mol. The smallest absolute Gasteiger partial charge is 0.549 e. The van der Waals surface area contributed by atoms with Gasteiger partial charge >= 0.3 is 78.7 Å². The Hall–Kier alpha value is 0.358. The molecule has 0 radical (unpaired) electrons. The molecule has 12 heteroatoms. The summed E-state index contributed by atoms with van der Waals surface area (Å²) < 4.78 is 0. The molecule has 0 aromatic heterocycles. The van der Waals surface area contributed by atoms with Gasteiger partial charge in [-0.15, -0.1) is 0 Å². The van der Waals surface area contributed by atoms with Crippen molar-refractivity contribution in [2.24, 2.45) is 0 Å². The number of carbonyl (C=O) groups is 4. The van der Waals surface area contributed by atoms with E-state index in [1.165, 1.54) is 0 Å². The first-order valence-corrected chi connectivity index (χ1v) is 5.44. The van der Waals surface area contributed by atoms with Gasteiger partial charge in [-0.05, 0) is 0 Å². The van der Waals surface area contributed by atoms with Gasteiger partial charge in [0.2, 0.25) is 0 Å². The van der Waals surface area contributed by atoms with Gasteiger partial charge in [0.15, 0.2) is 0 Å². The van der Waals surface area contributed by atoms with Crippen LogP contribution in [0.25, 0.3) is 0 Å². The molecule has 0 fully saturated rings. The first-order chi connectivity index (χ1) is 9.20. The summed E-state index contributed by atoms with van der Waals surface area (Å²) in [6, 6.07) is 0. The number of hydrogen-bond donors (Lipinski definition) is 0. The summed E-state index contributed by atoms with van der Waals surface area (Å²) in [5.74, 6) is -6.12. The fourth-order valence-electron chi connectivity index (χ4n) is 1.44. The van der Waals surface area contributed by atoms with Gasteiger partial charge in [0.05, 0.1) is 23.9 Å². The second kappa shape index (κ2) is 14.9. The Kier molecular flexibility index (Phi) is 18.5. The third-order valence-electron chi connectivity index (χ3n) is 2.14. The molecule has 114 valence electrons. The van der Waals surface area contributed by atoms with E-state index in [0.717, 1.165) is 9.80 Å². The van der Waals surface area contributed by atoms with E-state index >= 15 is 0 Å². The van der Waals surface area contributed by atoms with E-state index in [2.05, 4.69) is 0 Å². The van der Waals surface area contributed by atoms with Crippen LogP contribution in [0.5, 0.6) is 0 Å². The number of carbonyl (C=O) groups excluding carboxylic acids is 4. The van der Waals surface area contributed by atoms with Gasteiger partial charge in [0, 0.05) is 39.3 Å². The summed E-state index contributed by atoms with van der Waals surface area (Å²) in [6.45, 7) is -3.25. The van der Waals surface area contributed by atoms with E-state index in [0.29, 0.717) is 0 Å². The molecule has 0 atom stereocenters. The van der Waals surface area contributed by atoms with Gasteiger partial charge in [-0.1, -0.05) is 0 Å². The molecule has 0 amide bonds. The van der Waals surface area contributed by atoms with Crippen molar-refractivity contribution in [3.05, 3.63) is 0 Å². The topological polar surface area (TPSA) is 167 Å². The van der Waals surface area contributed by atoms with E-state index in [1.54, 1.807) is 0 Å². The average molecular weight is 440 g/mol. The monoisotopic (exact) mass is 441 g/mol. The Labute approximate surface area is 189 Å². The van der Waals surface area contributed by atoms with Gasteiger partial charge in [-0.2, -0.15) is 0 Å². The minimum atomic E-state index is -1.53. The zero-order chi connectivity index (χ0) is 15.7. The van der Waals surface area contributed by atoms with Crippen molar-refractivity contribution in [1.82, 2.24) is 9.80 Å². The van der Waals surface area contributed by atoms with E-state index < -0.39 is 50.1 Å². The molecular weight excluding hydrogens is 428 g/mol. The van der Waals surface area contributed by atoms with Crippen LogP contribution in [0.4, 0.5) is 0 Å². The van der Waals surface area contributed by atoms with Gasteiger partial charge in [0.1, 0.15) is 0 Å². The molecule has 22 heavy (non-hydrogen) atoms. The summed E-state index contributed by atoms with van der Waals surface area (Å²) in [5.41, 5.74) is 0. The normalized spacial score (nSPS) is 9.73. The molecule has 0 aliphatic heterocycles. The summed E-state index contributed by atoms with van der Waals surface area (Å²) in [5, 5.41) is 41.6. The summed E-state index contributed by atoms with van der Waals surface area (Å²) in [7, 11) is 0. The minimum Gasteiger partial charge on any atom is -0.549 e. The molecule has 10 nitrogen and oxygen atoms in total. The summed E-state index contributed by atoms with van der Waals surface area (Å²) in [4.78, 5) is 43.4. The maximum atomic E-state index is 10.4. The minimum absolute atomic E-state index is 0. The molecule has 0 aromatic rings. The molecule has 0 aromatic carbocycles. The molecule has 0 aliphatic carbocycles. The Balaban J connectivity index is -0.00000180. The van der Waals surface area contributed by atoms with Crippen molar-refractivity contribution in [1.29, 1.82) is 0 Å². The van der Waals surface area contributed by atoms with E-state index in [9.17, 15) is 39.6 Å². The Morgan fingerprint density at radius 1 is 0.591 bits per heavy atom. The van der Waals surface area contributed by atoms with Gasteiger partial charge in [-0.25, -0.2) is 0 Å². The number of carboxylic acids is 4. The van der Waals surface area contributed by atoms with Crippen molar-refractivity contribution in [2.75, 3.05) is 39.3 Å². The Morgan fingerprint density at radius 2 is 0.773 bits per heavy atom. The number of hydrogen-bond acceptors (Lipinski definition) is 10. The fraction of sp³-hybridized carbons (Fsp3) is 0.600. The first-order valence-electron chi connectivity index (χ1n) is 5.44. The molecule has 0 spiro atoms. The van der Waals surface area contributed by atoms with E-state index in [4.69, 9.17) is 0 Å². The van der Waals surface area contributed by atoms with Crippen LogP contribution >= 0.6 is 0 Å².